The number of carboxylic acids is 1. The zero-order chi connectivity index (χ0) is 14.8. The van der Waals surface area contributed by atoms with Crippen molar-refractivity contribution in [2.45, 2.75) is 23.5 Å². The van der Waals surface area contributed by atoms with E-state index in [1.54, 1.807) is 0 Å². The summed E-state index contributed by atoms with van der Waals surface area (Å²) < 4.78 is 50.8. The van der Waals surface area contributed by atoms with Crippen molar-refractivity contribution in [2.75, 3.05) is 0 Å². The van der Waals surface area contributed by atoms with Gasteiger partial charge in [-0.3, -0.25) is 0 Å². The van der Waals surface area contributed by atoms with Gasteiger partial charge < -0.3 is 5.11 Å². The first-order valence-electron chi connectivity index (χ1n) is 5.12. The second-order valence-corrected chi connectivity index (χ2v) is 5.71. The molecule has 0 heterocycles. The highest BCUT2D eigenvalue weighted by molar-refractivity contribution is 7.92. The molecule has 0 aromatic heterocycles. The number of rotatable bonds is 4. The lowest BCUT2D eigenvalue weighted by Gasteiger charge is -2.11. The quantitative estimate of drug-likeness (QED) is 0.852. The SMILES string of the molecule is CCC(C#N)S(=O)(=O)c1ccc(F)c(C(=O)O)c1F. The number of nitriles is 1. The number of halogens is 2. The molecule has 1 rings (SSSR count). The second kappa shape index (κ2) is 5.32. The van der Waals surface area contributed by atoms with E-state index < -0.39 is 43.1 Å². The highest BCUT2D eigenvalue weighted by atomic mass is 32.2. The monoisotopic (exact) mass is 289 g/mol. The molecular formula is C11H9F2NO4S. The summed E-state index contributed by atoms with van der Waals surface area (Å²) in [5.41, 5.74) is -1.35. The summed E-state index contributed by atoms with van der Waals surface area (Å²) in [7, 11) is -4.37. The Morgan fingerprint density at radius 1 is 1.47 bits per heavy atom. The first kappa shape index (κ1) is 15.0. The topological polar surface area (TPSA) is 95.2 Å². The first-order valence-corrected chi connectivity index (χ1v) is 6.66. The van der Waals surface area contributed by atoms with Crippen LogP contribution >= 0.6 is 0 Å². The molecule has 1 unspecified atom stereocenters. The molecule has 1 aromatic carbocycles. The molecule has 0 aliphatic carbocycles. The van der Waals surface area contributed by atoms with Crippen LogP contribution in [0.2, 0.25) is 0 Å². The Balaban J connectivity index is 3.59. The van der Waals surface area contributed by atoms with Gasteiger partial charge in [-0.25, -0.2) is 22.0 Å². The van der Waals surface area contributed by atoms with E-state index in [2.05, 4.69) is 0 Å². The molecule has 102 valence electrons. The summed E-state index contributed by atoms with van der Waals surface area (Å²) >= 11 is 0. The standard InChI is InChI=1S/C11H9F2NO4S/c1-2-6(5-14)19(17,18)8-4-3-7(12)9(10(8)13)11(15)16/h3-4,6H,2H2,1H3,(H,15,16). The second-order valence-electron chi connectivity index (χ2n) is 3.61. The maximum absolute atomic E-state index is 13.8. The molecule has 5 nitrogen and oxygen atoms in total. The van der Waals surface area contributed by atoms with Crippen LogP contribution in [0.1, 0.15) is 23.7 Å². The van der Waals surface area contributed by atoms with Gasteiger partial charge in [0.1, 0.15) is 16.3 Å². The van der Waals surface area contributed by atoms with Crippen LogP contribution in [0.5, 0.6) is 0 Å². The van der Waals surface area contributed by atoms with Crippen LogP contribution in [0, 0.1) is 23.0 Å². The Labute approximate surface area is 108 Å². The van der Waals surface area contributed by atoms with Gasteiger partial charge in [0.15, 0.2) is 20.9 Å². The first-order chi connectivity index (χ1) is 8.77. The average Bonchev–Trinajstić information content (AvgIpc) is 2.29. The molecule has 8 heteroatoms. The number of carboxylic acid groups (broad SMARTS) is 1. The summed E-state index contributed by atoms with van der Waals surface area (Å²) in [5, 5.41) is 15.8. The van der Waals surface area contributed by atoms with Gasteiger partial charge in [0, 0.05) is 0 Å². The van der Waals surface area contributed by atoms with Gasteiger partial charge in [0.25, 0.3) is 0 Å². The maximum atomic E-state index is 13.8. The Morgan fingerprint density at radius 3 is 2.47 bits per heavy atom. The minimum atomic E-state index is -4.37. The zero-order valence-electron chi connectivity index (χ0n) is 9.72. The fourth-order valence-electron chi connectivity index (χ4n) is 1.48. The molecule has 1 N–H and O–H groups in total. The Kier molecular flexibility index (Phi) is 4.21. The van der Waals surface area contributed by atoms with Crippen molar-refractivity contribution >= 4 is 15.8 Å². The van der Waals surface area contributed by atoms with Gasteiger partial charge in [-0.15, -0.1) is 0 Å². The van der Waals surface area contributed by atoms with Crippen molar-refractivity contribution in [1.29, 1.82) is 5.26 Å². The molecule has 0 radical (unpaired) electrons. The van der Waals surface area contributed by atoms with E-state index in [-0.39, 0.29) is 6.42 Å². The number of sulfone groups is 1. The molecule has 1 atom stereocenters. The number of aromatic carboxylic acids is 1. The van der Waals surface area contributed by atoms with E-state index in [9.17, 15) is 22.0 Å². The predicted molar refractivity (Wildman–Crippen MR) is 60.2 cm³/mol. The highest BCUT2D eigenvalue weighted by Crippen LogP contribution is 2.25. The van der Waals surface area contributed by atoms with Crippen molar-refractivity contribution in [2.24, 2.45) is 0 Å². The van der Waals surface area contributed by atoms with Gasteiger partial charge in [-0.2, -0.15) is 5.26 Å². The maximum Gasteiger partial charge on any atom is 0.341 e. The minimum absolute atomic E-state index is 0.0992. The molecule has 0 spiro atoms. The summed E-state index contributed by atoms with van der Waals surface area (Å²) in [6, 6.07) is 2.65. The van der Waals surface area contributed by atoms with E-state index in [1.807, 2.05) is 0 Å². The Bertz CT molecular complexity index is 664. The molecule has 0 saturated heterocycles. The van der Waals surface area contributed by atoms with E-state index in [0.29, 0.717) is 12.1 Å². The summed E-state index contributed by atoms with van der Waals surface area (Å²) in [6.07, 6.45) is -0.0992. The van der Waals surface area contributed by atoms with Gasteiger partial charge in [-0.05, 0) is 18.6 Å². The third-order valence-corrected chi connectivity index (χ3v) is 4.58. The third kappa shape index (κ3) is 2.56. The number of carbonyl (C=O) groups is 1. The largest absolute Gasteiger partial charge is 0.477 e. The lowest BCUT2D eigenvalue weighted by Crippen LogP contribution is -2.21. The van der Waals surface area contributed by atoms with Crippen LogP contribution in [0.25, 0.3) is 0 Å². The van der Waals surface area contributed by atoms with Crippen LogP contribution in [-0.2, 0) is 9.84 Å². The molecule has 0 aliphatic rings. The van der Waals surface area contributed by atoms with Gasteiger partial charge in [0.05, 0.1) is 6.07 Å². The van der Waals surface area contributed by atoms with E-state index in [0.717, 1.165) is 0 Å². The molecule has 1 aromatic rings. The number of benzene rings is 1. The van der Waals surface area contributed by atoms with Crippen molar-refractivity contribution in [3.8, 4) is 6.07 Å². The van der Waals surface area contributed by atoms with Crippen molar-refractivity contribution < 1.29 is 27.1 Å². The van der Waals surface area contributed by atoms with Crippen molar-refractivity contribution in [1.82, 2.24) is 0 Å². The molecule has 0 aliphatic heterocycles. The molecule has 19 heavy (non-hydrogen) atoms. The van der Waals surface area contributed by atoms with Crippen molar-refractivity contribution in [3.05, 3.63) is 29.3 Å². The predicted octanol–water partition coefficient (Wildman–Crippen LogP) is 1.74. The molecule has 0 bridgehead atoms. The van der Waals surface area contributed by atoms with E-state index in [4.69, 9.17) is 10.4 Å². The smallest absolute Gasteiger partial charge is 0.341 e. The lowest BCUT2D eigenvalue weighted by atomic mass is 10.2. The normalized spacial score (nSPS) is 12.7. The molecule has 0 amide bonds. The van der Waals surface area contributed by atoms with Gasteiger partial charge in [0.2, 0.25) is 0 Å². The van der Waals surface area contributed by atoms with Crippen LogP contribution in [0.4, 0.5) is 8.78 Å². The van der Waals surface area contributed by atoms with Gasteiger partial charge in [-0.1, -0.05) is 6.92 Å². The minimum Gasteiger partial charge on any atom is -0.477 e. The van der Waals surface area contributed by atoms with E-state index >= 15 is 0 Å². The highest BCUT2D eigenvalue weighted by Gasteiger charge is 2.32. The number of hydrogen-bond donors (Lipinski definition) is 1. The summed E-state index contributed by atoms with van der Waals surface area (Å²) in [5.74, 6) is -4.99. The molecular weight excluding hydrogens is 280 g/mol. The lowest BCUT2D eigenvalue weighted by molar-refractivity contribution is 0.0685. The summed E-state index contributed by atoms with van der Waals surface area (Å²) in [6.45, 7) is 1.41. The summed E-state index contributed by atoms with van der Waals surface area (Å²) in [4.78, 5) is 9.70. The number of nitrogens with zero attached hydrogens (tertiary/aromatic N) is 1. The number of hydrogen-bond acceptors (Lipinski definition) is 4. The van der Waals surface area contributed by atoms with E-state index in [1.165, 1.54) is 13.0 Å². The fourth-order valence-corrected chi connectivity index (χ4v) is 2.98. The van der Waals surface area contributed by atoms with Crippen LogP contribution in [-0.4, -0.2) is 24.7 Å². The Morgan fingerprint density at radius 2 is 2.05 bits per heavy atom. The molecule has 0 fully saturated rings. The Hall–Kier alpha value is -2.01. The van der Waals surface area contributed by atoms with Crippen LogP contribution in [0.15, 0.2) is 17.0 Å². The van der Waals surface area contributed by atoms with Crippen molar-refractivity contribution in [3.63, 3.8) is 0 Å². The average molecular weight is 289 g/mol. The molecule has 0 saturated carbocycles. The van der Waals surface area contributed by atoms with Crippen LogP contribution in [0.3, 0.4) is 0 Å². The fraction of sp³-hybridized carbons (Fsp3) is 0.273. The third-order valence-electron chi connectivity index (χ3n) is 2.47. The zero-order valence-corrected chi connectivity index (χ0v) is 10.5. The van der Waals surface area contributed by atoms with Gasteiger partial charge >= 0.3 is 5.97 Å². The van der Waals surface area contributed by atoms with Crippen LogP contribution < -0.4 is 0 Å².